The number of furan rings is 1. The molecule has 1 atom stereocenters. The van der Waals surface area contributed by atoms with E-state index in [9.17, 15) is 19.1 Å². The standard InChI is InChI=1S/C19H16FNO4S2/c1-2-5-14(18(23)24)21-17(22)16(27-19(21)26)10-11-8-9-15(25-11)12-6-3-4-7-13(12)20/h3-4,6-10,14H,2,5H2,1H3,(H,23,24)/b16-10-. The number of rotatable bonds is 6. The Kier molecular flexibility index (Phi) is 5.76. The van der Waals surface area contributed by atoms with Gasteiger partial charge in [0.2, 0.25) is 0 Å². The quantitative estimate of drug-likeness (QED) is 0.562. The molecule has 1 unspecified atom stereocenters. The van der Waals surface area contributed by atoms with E-state index in [-0.39, 0.29) is 9.23 Å². The Labute approximate surface area is 164 Å². The number of carboxylic acid groups (broad SMARTS) is 1. The lowest BCUT2D eigenvalue weighted by Crippen LogP contribution is -2.43. The number of halogens is 1. The number of carbonyl (C=O) groups excluding carboxylic acids is 1. The van der Waals surface area contributed by atoms with E-state index >= 15 is 0 Å². The van der Waals surface area contributed by atoms with Crippen LogP contribution in [0.1, 0.15) is 25.5 Å². The monoisotopic (exact) mass is 405 g/mol. The molecule has 0 spiro atoms. The number of thioether (sulfide) groups is 1. The van der Waals surface area contributed by atoms with Crippen molar-refractivity contribution in [3.63, 3.8) is 0 Å². The van der Waals surface area contributed by atoms with Gasteiger partial charge in [-0.1, -0.05) is 49.5 Å². The lowest BCUT2D eigenvalue weighted by atomic mass is 10.1. The molecule has 0 saturated carbocycles. The van der Waals surface area contributed by atoms with Gasteiger partial charge in [0, 0.05) is 6.08 Å². The minimum atomic E-state index is -1.09. The highest BCUT2D eigenvalue weighted by Gasteiger charge is 2.40. The summed E-state index contributed by atoms with van der Waals surface area (Å²) in [5.41, 5.74) is 0.318. The van der Waals surface area contributed by atoms with Crippen molar-refractivity contribution in [2.45, 2.75) is 25.8 Å². The average molecular weight is 405 g/mol. The van der Waals surface area contributed by atoms with Crippen LogP contribution in [-0.4, -0.2) is 32.2 Å². The second kappa shape index (κ2) is 8.06. The third-order valence-electron chi connectivity index (χ3n) is 4.02. The van der Waals surface area contributed by atoms with Crippen LogP contribution in [-0.2, 0) is 9.59 Å². The number of hydrogen-bond donors (Lipinski definition) is 1. The molecule has 8 heteroatoms. The zero-order valence-corrected chi connectivity index (χ0v) is 16.0. The summed E-state index contributed by atoms with van der Waals surface area (Å²) < 4.78 is 19.7. The Hall–Kier alpha value is -2.45. The third-order valence-corrected chi connectivity index (χ3v) is 5.35. The lowest BCUT2D eigenvalue weighted by molar-refractivity contribution is -0.145. The van der Waals surface area contributed by atoms with Gasteiger partial charge in [-0.2, -0.15) is 0 Å². The molecule has 5 nitrogen and oxygen atoms in total. The van der Waals surface area contributed by atoms with Gasteiger partial charge in [0.25, 0.3) is 5.91 Å². The van der Waals surface area contributed by atoms with Crippen molar-refractivity contribution in [1.29, 1.82) is 0 Å². The highest BCUT2D eigenvalue weighted by molar-refractivity contribution is 8.26. The van der Waals surface area contributed by atoms with Crippen LogP contribution in [0, 0.1) is 5.82 Å². The maximum Gasteiger partial charge on any atom is 0.326 e. The number of aliphatic carboxylic acids is 1. The lowest BCUT2D eigenvalue weighted by Gasteiger charge is -2.22. The van der Waals surface area contributed by atoms with Crippen molar-refractivity contribution < 1.29 is 23.5 Å². The van der Waals surface area contributed by atoms with Gasteiger partial charge in [-0.3, -0.25) is 9.69 Å². The fourth-order valence-corrected chi connectivity index (χ4v) is 4.09. The molecule has 0 bridgehead atoms. The Bertz CT molecular complexity index is 937. The summed E-state index contributed by atoms with van der Waals surface area (Å²) in [7, 11) is 0. The molecule has 140 valence electrons. The number of carboxylic acids is 1. The van der Waals surface area contributed by atoms with Gasteiger partial charge in [-0.15, -0.1) is 0 Å². The first-order chi connectivity index (χ1) is 12.9. The van der Waals surface area contributed by atoms with Gasteiger partial charge >= 0.3 is 5.97 Å². The van der Waals surface area contributed by atoms with Crippen molar-refractivity contribution in [2.24, 2.45) is 0 Å². The second-order valence-corrected chi connectivity index (χ2v) is 7.55. The number of amides is 1. The predicted octanol–water partition coefficient (Wildman–Crippen LogP) is 4.54. The third kappa shape index (κ3) is 3.96. The first-order valence-electron chi connectivity index (χ1n) is 8.27. The molecule has 1 aliphatic heterocycles. The van der Waals surface area contributed by atoms with E-state index in [4.69, 9.17) is 16.6 Å². The van der Waals surface area contributed by atoms with Crippen molar-refractivity contribution in [3.8, 4) is 11.3 Å². The van der Waals surface area contributed by atoms with Crippen molar-refractivity contribution in [3.05, 3.63) is 52.9 Å². The van der Waals surface area contributed by atoms with Gasteiger partial charge in [0.1, 0.15) is 27.7 Å². The van der Waals surface area contributed by atoms with Crippen molar-refractivity contribution in [1.82, 2.24) is 4.90 Å². The molecule has 2 aromatic rings. The van der Waals surface area contributed by atoms with Crippen LogP contribution >= 0.6 is 24.0 Å². The van der Waals surface area contributed by atoms with Gasteiger partial charge in [0.05, 0.1) is 10.5 Å². The zero-order chi connectivity index (χ0) is 19.6. The van der Waals surface area contributed by atoms with E-state index in [2.05, 4.69) is 0 Å². The number of nitrogens with zero attached hydrogens (tertiary/aromatic N) is 1. The first kappa shape index (κ1) is 19.3. The molecule has 1 N–H and O–H groups in total. The van der Waals surface area contributed by atoms with E-state index < -0.39 is 23.7 Å². The molecule has 3 rings (SSSR count). The first-order valence-corrected chi connectivity index (χ1v) is 9.49. The molecule has 27 heavy (non-hydrogen) atoms. The molecule has 1 saturated heterocycles. The largest absolute Gasteiger partial charge is 0.480 e. The molecular formula is C19H16FNO4S2. The summed E-state index contributed by atoms with van der Waals surface area (Å²) in [5, 5.41) is 9.40. The van der Waals surface area contributed by atoms with Crippen LogP contribution in [0.4, 0.5) is 4.39 Å². The number of thiocarbonyl (C=S) groups is 1. The van der Waals surface area contributed by atoms with Gasteiger partial charge in [-0.25, -0.2) is 9.18 Å². The summed E-state index contributed by atoms with van der Waals surface area (Å²) in [6, 6.07) is 8.47. The summed E-state index contributed by atoms with van der Waals surface area (Å²) in [4.78, 5) is 25.6. The zero-order valence-electron chi connectivity index (χ0n) is 14.3. The minimum absolute atomic E-state index is 0.202. The van der Waals surface area contributed by atoms with Crippen LogP contribution in [0.5, 0.6) is 0 Å². The molecule has 1 amide bonds. The van der Waals surface area contributed by atoms with Crippen LogP contribution in [0.25, 0.3) is 17.4 Å². The smallest absolute Gasteiger partial charge is 0.326 e. The second-order valence-electron chi connectivity index (χ2n) is 5.88. The SMILES string of the molecule is CCCC(C(=O)O)N1C(=O)/C(=C/c2ccc(-c3ccccc3F)o2)SC1=S. The highest BCUT2D eigenvalue weighted by atomic mass is 32.2. The Balaban J connectivity index is 1.86. The summed E-state index contributed by atoms with van der Waals surface area (Å²) in [6.07, 6.45) is 2.42. The van der Waals surface area contributed by atoms with E-state index in [1.165, 1.54) is 12.1 Å². The average Bonchev–Trinajstić information content (AvgIpc) is 3.19. The summed E-state index contributed by atoms with van der Waals surface area (Å²) in [5.74, 6) is -1.27. The van der Waals surface area contributed by atoms with Gasteiger partial charge in [-0.05, 0) is 30.7 Å². The normalized spacial score (nSPS) is 17.0. The number of carbonyl (C=O) groups is 2. The topological polar surface area (TPSA) is 70.8 Å². The summed E-state index contributed by atoms with van der Waals surface area (Å²) >= 11 is 6.23. The van der Waals surface area contributed by atoms with E-state index in [1.54, 1.807) is 30.3 Å². The molecular weight excluding hydrogens is 389 g/mol. The molecule has 1 aliphatic rings. The summed E-state index contributed by atoms with van der Waals surface area (Å²) in [6.45, 7) is 1.84. The minimum Gasteiger partial charge on any atom is -0.480 e. The van der Waals surface area contributed by atoms with Crippen LogP contribution < -0.4 is 0 Å². The fraction of sp³-hybridized carbons (Fsp3) is 0.211. The van der Waals surface area contributed by atoms with E-state index in [1.807, 2.05) is 6.92 Å². The number of benzene rings is 1. The Morgan fingerprint density at radius 1 is 1.37 bits per heavy atom. The van der Waals surface area contributed by atoms with Gasteiger partial charge in [0.15, 0.2) is 0 Å². The van der Waals surface area contributed by atoms with Crippen molar-refractivity contribution in [2.75, 3.05) is 0 Å². The maximum atomic E-state index is 13.9. The van der Waals surface area contributed by atoms with E-state index in [0.29, 0.717) is 29.9 Å². The predicted molar refractivity (Wildman–Crippen MR) is 105 cm³/mol. The Morgan fingerprint density at radius 3 is 2.78 bits per heavy atom. The maximum absolute atomic E-state index is 13.9. The fourth-order valence-electron chi connectivity index (χ4n) is 2.75. The van der Waals surface area contributed by atoms with Crippen molar-refractivity contribution >= 4 is 46.3 Å². The molecule has 2 heterocycles. The highest BCUT2D eigenvalue weighted by Crippen LogP contribution is 2.35. The Morgan fingerprint density at radius 2 is 2.11 bits per heavy atom. The van der Waals surface area contributed by atoms with E-state index in [0.717, 1.165) is 16.7 Å². The van der Waals surface area contributed by atoms with Gasteiger partial charge < -0.3 is 9.52 Å². The molecule has 0 radical (unpaired) electrons. The molecule has 0 aliphatic carbocycles. The molecule has 1 aromatic carbocycles. The van der Waals surface area contributed by atoms with Crippen LogP contribution in [0.3, 0.4) is 0 Å². The number of hydrogen-bond acceptors (Lipinski definition) is 5. The van der Waals surface area contributed by atoms with Crippen LogP contribution in [0.15, 0.2) is 45.7 Å². The van der Waals surface area contributed by atoms with Crippen LogP contribution in [0.2, 0.25) is 0 Å². The molecule has 1 aromatic heterocycles. The molecule has 1 fully saturated rings.